The van der Waals surface area contributed by atoms with Crippen molar-refractivity contribution >= 4 is 50.5 Å². The molecule has 3 aromatic rings. The van der Waals surface area contributed by atoms with Crippen LogP contribution in [0.15, 0.2) is 18.2 Å². The highest BCUT2D eigenvalue weighted by atomic mass is 127. The van der Waals surface area contributed by atoms with Crippen molar-refractivity contribution < 1.29 is 9.18 Å². The van der Waals surface area contributed by atoms with Gasteiger partial charge in [-0.15, -0.1) is 21.5 Å². The third-order valence-electron chi connectivity index (χ3n) is 6.43. The third kappa shape index (κ3) is 4.59. The number of rotatable bonds is 4. The number of piperidine rings is 1. The number of nitrogens with zero attached hydrogens (tertiary/aromatic N) is 3. The van der Waals surface area contributed by atoms with Crippen molar-refractivity contribution in [2.45, 2.75) is 52.6 Å². The predicted octanol–water partition coefficient (Wildman–Crippen LogP) is 4.87. The Kier molecular flexibility index (Phi) is 6.40. The Morgan fingerprint density at radius 1 is 1.35 bits per heavy atom. The average Bonchev–Trinajstić information content (AvgIpc) is 3.26. The van der Waals surface area contributed by atoms with E-state index in [0.717, 1.165) is 58.1 Å². The number of benzene rings is 1. The normalized spacial score (nSPS) is 19.1. The standard InChI is InChI=1S/C24H28FIN6OS/c1-13-30-31-21-20-16(10-24(2,3)12-32(13)21)19(22(33)28-15-5-4-8-27-11-15)23(34-20)29-18-7-6-14(26)9-17(18)25/h6-7,9,15,27,29H,4-5,8,10-12H2,1-3H3,(H,28,33). The van der Waals surface area contributed by atoms with Gasteiger partial charge in [0.2, 0.25) is 0 Å². The van der Waals surface area contributed by atoms with Gasteiger partial charge in [0.05, 0.1) is 16.1 Å². The van der Waals surface area contributed by atoms with Crippen LogP contribution in [0.3, 0.4) is 0 Å². The summed E-state index contributed by atoms with van der Waals surface area (Å²) in [5.74, 6) is 1.15. The van der Waals surface area contributed by atoms with Crippen molar-refractivity contribution in [3.8, 4) is 10.7 Å². The first kappa shape index (κ1) is 23.7. The van der Waals surface area contributed by atoms with Crippen LogP contribution in [0.1, 0.15) is 48.4 Å². The van der Waals surface area contributed by atoms with Gasteiger partial charge in [-0.2, -0.15) is 0 Å². The predicted molar refractivity (Wildman–Crippen MR) is 141 cm³/mol. The fourth-order valence-corrected chi connectivity index (χ4v) is 6.47. The minimum Gasteiger partial charge on any atom is -0.348 e. The minimum atomic E-state index is -0.349. The second-order valence-corrected chi connectivity index (χ2v) is 12.1. The molecule has 1 saturated heterocycles. The van der Waals surface area contributed by atoms with E-state index in [1.54, 1.807) is 6.07 Å². The van der Waals surface area contributed by atoms with Gasteiger partial charge in [-0.1, -0.05) is 13.8 Å². The SMILES string of the molecule is Cc1nnc2n1CC(C)(C)Cc1c-2sc(Nc2ccc(I)cc2F)c1C(=O)NC1CCCNC1. The van der Waals surface area contributed by atoms with Gasteiger partial charge < -0.3 is 20.5 Å². The first-order valence-corrected chi connectivity index (χ1v) is 13.4. The summed E-state index contributed by atoms with van der Waals surface area (Å²) in [6.07, 6.45) is 2.68. The van der Waals surface area contributed by atoms with Crippen LogP contribution in [0.4, 0.5) is 15.1 Å². The maximum atomic E-state index is 14.8. The van der Waals surface area contributed by atoms with E-state index in [4.69, 9.17) is 0 Å². The van der Waals surface area contributed by atoms with E-state index in [1.807, 2.05) is 13.0 Å². The van der Waals surface area contributed by atoms with Crippen LogP contribution in [0.25, 0.3) is 10.7 Å². The van der Waals surface area contributed by atoms with Crippen molar-refractivity contribution in [3.05, 3.63) is 44.5 Å². The van der Waals surface area contributed by atoms with E-state index in [2.05, 4.69) is 67.2 Å². The van der Waals surface area contributed by atoms with Crippen LogP contribution in [-0.2, 0) is 13.0 Å². The first-order valence-electron chi connectivity index (χ1n) is 11.5. The molecule has 2 aliphatic rings. The van der Waals surface area contributed by atoms with Gasteiger partial charge in [-0.25, -0.2) is 4.39 Å². The number of nitrogens with one attached hydrogen (secondary N) is 3. The Morgan fingerprint density at radius 2 is 2.18 bits per heavy atom. The van der Waals surface area contributed by atoms with E-state index in [0.29, 0.717) is 22.7 Å². The highest BCUT2D eigenvalue weighted by molar-refractivity contribution is 14.1. The number of hydrogen-bond acceptors (Lipinski definition) is 6. The zero-order chi connectivity index (χ0) is 24.0. The Balaban J connectivity index is 1.63. The van der Waals surface area contributed by atoms with Crippen LogP contribution in [-0.4, -0.2) is 39.8 Å². The van der Waals surface area contributed by atoms with E-state index in [9.17, 15) is 9.18 Å². The first-order chi connectivity index (χ1) is 16.2. The second-order valence-electron chi connectivity index (χ2n) is 9.88. The maximum absolute atomic E-state index is 14.8. The van der Waals surface area contributed by atoms with Crippen LogP contribution >= 0.6 is 33.9 Å². The van der Waals surface area contributed by atoms with Gasteiger partial charge in [0.25, 0.3) is 5.91 Å². The highest BCUT2D eigenvalue weighted by Crippen LogP contribution is 2.46. The number of fused-ring (bicyclic) bond motifs is 3. The van der Waals surface area contributed by atoms with Crippen LogP contribution in [0.5, 0.6) is 0 Å². The summed E-state index contributed by atoms with van der Waals surface area (Å²) in [4.78, 5) is 14.6. The van der Waals surface area contributed by atoms with Crippen molar-refractivity contribution in [1.82, 2.24) is 25.4 Å². The quantitative estimate of drug-likeness (QED) is 0.376. The molecule has 180 valence electrons. The van der Waals surface area contributed by atoms with Gasteiger partial charge >= 0.3 is 0 Å². The topological polar surface area (TPSA) is 83.9 Å². The number of aryl methyl sites for hydroxylation is 1. The summed E-state index contributed by atoms with van der Waals surface area (Å²) < 4.78 is 17.7. The molecule has 1 atom stereocenters. The molecule has 3 N–H and O–H groups in total. The number of halogens is 2. The minimum absolute atomic E-state index is 0.0735. The lowest BCUT2D eigenvalue weighted by molar-refractivity contribution is 0.0930. The van der Waals surface area contributed by atoms with Crippen molar-refractivity contribution in [2.75, 3.05) is 18.4 Å². The Labute approximate surface area is 216 Å². The number of amides is 1. The molecule has 4 heterocycles. The molecule has 10 heteroatoms. The molecule has 5 rings (SSSR count). The molecule has 1 fully saturated rings. The number of carbonyl (C=O) groups is 1. The lowest BCUT2D eigenvalue weighted by atomic mass is 9.85. The molecule has 7 nitrogen and oxygen atoms in total. The highest BCUT2D eigenvalue weighted by Gasteiger charge is 2.36. The van der Waals surface area contributed by atoms with Crippen molar-refractivity contribution in [3.63, 3.8) is 0 Å². The Hall–Kier alpha value is -2.05. The third-order valence-corrected chi connectivity index (χ3v) is 8.24. The monoisotopic (exact) mass is 594 g/mol. The number of aromatic nitrogens is 3. The van der Waals surface area contributed by atoms with Gasteiger partial charge in [-0.3, -0.25) is 4.79 Å². The second kappa shape index (κ2) is 9.19. The van der Waals surface area contributed by atoms with Crippen molar-refractivity contribution in [1.29, 1.82) is 0 Å². The van der Waals surface area contributed by atoms with Gasteiger partial charge in [0.1, 0.15) is 16.6 Å². The summed E-state index contributed by atoms with van der Waals surface area (Å²) in [5, 5.41) is 19.2. The number of carbonyl (C=O) groups excluding carboxylic acids is 1. The summed E-state index contributed by atoms with van der Waals surface area (Å²) in [6.45, 7) is 8.84. The summed E-state index contributed by atoms with van der Waals surface area (Å²) in [6, 6.07) is 5.12. The lowest BCUT2D eigenvalue weighted by Gasteiger charge is -2.26. The Bertz CT molecular complexity index is 1250. The molecule has 0 aliphatic carbocycles. The van der Waals surface area contributed by atoms with Gasteiger partial charge in [0.15, 0.2) is 5.82 Å². The summed E-state index contributed by atoms with van der Waals surface area (Å²) in [7, 11) is 0. The van der Waals surface area contributed by atoms with Crippen LogP contribution < -0.4 is 16.0 Å². The van der Waals surface area contributed by atoms with Crippen molar-refractivity contribution in [2.24, 2.45) is 5.41 Å². The number of anilines is 2. The van der Waals surface area contributed by atoms with Crippen LogP contribution in [0.2, 0.25) is 0 Å². The summed E-state index contributed by atoms with van der Waals surface area (Å²) >= 11 is 3.54. The average molecular weight is 594 g/mol. The van der Waals surface area contributed by atoms with Crippen LogP contribution in [0, 0.1) is 21.7 Å². The molecule has 0 spiro atoms. The molecule has 0 bridgehead atoms. The molecule has 2 aliphatic heterocycles. The Morgan fingerprint density at radius 3 is 2.91 bits per heavy atom. The smallest absolute Gasteiger partial charge is 0.254 e. The molecule has 1 amide bonds. The van der Waals surface area contributed by atoms with Gasteiger partial charge in [0, 0.05) is 22.7 Å². The zero-order valence-electron chi connectivity index (χ0n) is 19.5. The molecule has 2 aromatic heterocycles. The molecule has 34 heavy (non-hydrogen) atoms. The number of thiophene rings is 1. The molecule has 1 unspecified atom stereocenters. The molecular formula is C24H28FIN6OS. The molecular weight excluding hydrogens is 566 g/mol. The molecule has 0 saturated carbocycles. The molecule has 1 aromatic carbocycles. The largest absolute Gasteiger partial charge is 0.348 e. The fourth-order valence-electron chi connectivity index (χ4n) is 4.79. The summed E-state index contributed by atoms with van der Waals surface area (Å²) in [5.41, 5.74) is 1.78. The fraction of sp³-hybridized carbons (Fsp3) is 0.458. The van der Waals surface area contributed by atoms with E-state index >= 15 is 0 Å². The lowest BCUT2D eigenvalue weighted by Crippen LogP contribution is -2.45. The number of hydrogen-bond donors (Lipinski definition) is 3. The van der Waals surface area contributed by atoms with E-state index in [1.165, 1.54) is 17.4 Å². The van der Waals surface area contributed by atoms with Gasteiger partial charge in [-0.05, 0) is 84.5 Å². The maximum Gasteiger partial charge on any atom is 0.254 e. The zero-order valence-corrected chi connectivity index (χ0v) is 22.4. The molecule has 0 radical (unpaired) electrons. The van der Waals surface area contributed by atoms with E-state index in [-0.39, 0.29) is 23.2 Å². The van der Waals surface area contributed by atoms with E-state index < -0.39 is 0 Å².